The standard InChI is InChI=1S/C13H16N2O4/c1-14-5-4-13(17)19-7-9-2-3-11-10(6-9)15-12(16)8-18-11/h2-3,6,14H,4-5,7-8H2,1H3,(H,15,16). The maximum atomic E-state index is 11.4. The van der Waals surface area contributed by atoms with Gasteiger partial charge in [-0.25, -0.2) is 0 Å². The van der Waals surface area contributed by atoms with Crippen molar-refractivity contribution in [3.8, 4) is 5.75 Å². The third-order valence-corrected chi connectivity index (χ3v) is 2.66. The third-order valence-electron chi connectivity index (χ3n) is 2.66. The van der Waals surface area contributed by atoms with E-state index < -0.39 is 0 Å². The number of carbonyl (C=O) groups is 2. The molecule has 0 aromatic heterocycles. The highest BCUT2D eigenvalue weighted by atomic mass is 16.5. The van der Waals surface area contributed by atoms with Crippen molar-refractivity contribution in [2.75, 3.05) is 25.5 Å². The summed E-state index contributed by atoms with van der Waals surface area (Å²) in [6.45, 7) is 0.809. The van der Waals surface area contributed by atoms with Gasteiger partial charge in [-0.05, 0) is 24.7 Å². The Morgan fingerprint density at radius 1 is 1.53 bits per heavy atom. The van der Waals surface area contributed by atoms with Gasteiger partial charge < -0.3 is 20.1 Å². The van der Waals surface area contributed by atoms with Crippen LogP contribution in [0.1, 0.15) is 12.0 Å². The van der Waals surface area contributed by atoms with Crippen LogP contribution in [-0.4, -0.2) is 32.1 Å². The molecule has 0 saturated heterocycles. The van der Waals surface area contributed by atoms with Crippen LogP contribution >= 0.6 is 0 Å². The quantitative estimate of drug-likeness (QED) is 0.764. The van der Waals surface area contributed by atoms with Crippen LogP contribution in [0.25, 0.3) is 0 Å². The Balaban J connectivity index is 1.93. The second kappa shape index (κ2) is 6.19. The van der Waals surface area contributed by atoms with Gasteiger partial charge in [-0.15, -0.1) is 0 Å². The number of ether oxygens (including phenoxy) is 2. The minimum Gasteiger partial charge on any atom is -0.482 e. The number of carbonyl (C=O) groups excluding carboxylic acids is 2. The van der Waals surface area contributed by atoms with Crippen LogP contribution in [0.15, 0.2) is 18.2 Å². The molecule has 1 aliphatic rings. The van der Waals surface area contributed by atoms with Crippen LogP contribution in [0.5, 0.6) is 5.75 Å². The topological polar surface area (TPSA) is 76.7 Å². The molecule has 6 nitrogen and oxygen atoms in total. The maximum Gasteiger partial charge on any atom is 0.307 e. The van der Waals surface area contributed by atoms with Crippen LogP contribution in [0, 0.1) is 0 Å². The molecule has 1 heterocycles. The molecule has 102 valence electrons. The summed E-state index contributed by atoms with van der Waals surface area (Å²) in [7, 11) is 1.78. The maximum absolute atomic E-state index is 11.4. The van der Waals surface area contributed by atoms with E-state index in [-0.39, 0.29) is 25.1 Å². The number of hydrogen-bond donors (Lipinski definition) is 2. The Bertz CT molecular complexity index is 488. The summed E-state index contributed by atoms with van der Waals surface area (Å²) in [6.07, 6.45) is 0.335. The Hall–Kier alpha value is -2.08. The molecule has 0 unspecified atom stereocenters. The molecule has 0 fully saturated rings. The van der Waals surface area contributed by atoms with Gasteiger partial charge in [0.25, 0.3) is 5.91 Å². The van der Waals surface area contributed by atoms with Crippen LogP contribution in [0.3, 0.4) is 0 Å². The molecule has 2 rings (SSSR count). The van der Waals surface area contributed by atoms with Crippen molar-refractivity contribution in [1.82, 2.24) is 5.32 Å². The van der Waals surface area contributed by atoms with Gasteiger partial charge in [0.1, 0.15) is 12.4 Å². The average Bonchev–Trinajstić information content (AvgIpc) is 2.42. The largest absolute Gasteiger partial charge is 0.482 e. The van der Waals surface area contributed by atoms with Crippen molar-refractivity contribution in [2.24, 2.45) is 0 Å². The zero-order valence-corrected chi connectivity index (χ0v) is 10.7. The number of benzene rings is 1. The van der Waals surface area contributed by atoms with Gasteiger partial charge >= 0.3 is 5.97 Å². The van der Waals surface area contributed by atoms with Crippen LogP contribution in [0.2, 0.25) is 0 Å². The van der Waals surface area contributed by atoms with Gasteiger partial charge in [-0.1, -0.05) is 6.07 Å². The molecular formula is C13H16N2O4. The van der Waals surface area contributed by atoms with E-state index in [4.69, 9.17) is 9.47 Å². The summed E-state index contributed by atoms with van der Waals surface area (Å²) < 4.78 is 10.4. The number of hydrogen-bond acceptors (Lipinski definition) is 5. The zero-order valence-electron chi connectivity index (χ0n) is 10.7. The highest BCUT2D eigenvalue weighted by Crippen LogP contribution is 2.28. The van der Waals surface area contributed by atoms with Crippen molar-refractivity contribution in [1.29, 1.82) is 0 Å². The molecule has 1 aromatic carbocycles. The zero-order chi connectivity index (χ0) is 13.7. The van der Waals surface area contributed by atoms with Gasteiger partial charge in [0.15, 0.2) is 6.61 Å². The van der Waals surface area contributed by atoms with Crippen molar-refractivity contribution in [2.45, 2.75) is 13.0 Å². The van der Waals surface area contributed by atoms with E-state index in [2.05, 4.69) is 10.6 Å². The second-order valence-electron chi connectivity index (χ2n) is 4.18. The van der Waals surface area contributed by atoms with Crippen molar-refractivity contribution in [3.05, 3.63) is 23.8 Å². The lowest BCUT2D eigenvalue weighted by Gasteiger charge is -2.18. The van der Waals surface area contributed by atoms with E-state index in [1.165, 1.54) is 0 Å². The second-order valence-corrected chi connectivity index (χ2v) is 4.18. The molecule has 0 aliphatic carbocycles. The Morgan fingerprint density at radius 2 is 2.37 bits per heavy atom. The fourth-order valence-corrected chi connectivity index (χ4v) is 1.68. The van der Waals surface area contributed by atoms with E-state index in [1.807, 2.05) is 6.07 Å². The predicted molar refractivity (Wildman–Crippen MR) is 68.9 cm³/mol. The van der Waals surface area contributed by atoms with Crippen LogP contribution in [0.4, 0.5) is 5.69 Å². The molecule has 0 spiro atoms. The number of amides is 1. The van der Waals surface area contributed by atoms with Gasteiger partial charge in [0.05, 0.1) is 12.1 Å². The van der Waals surface area contributed by atoms with Crippen LogP contribution in [-0.2, 0) is 20.9 Å². The summed E-state index contributed by atoms with van der Waals surface area (Å²) >= 11 is 0. The normalized spacial score (nSPS) is 13.2. The van der Waals surface area contributed by atoms with Crippen LogP contribution < -0.4 is 15.4 Å². The molecule has 0 radical (unpaired) electrons. The summed E-state index contributed by atoms with van der Waals surface area (Å²) in [4.78, 5) is 22.6. The molecule has 1 aliphatic heterocycles. The molecule has 0 saturated carbocycles. The van der Waals surface area contributed by atoms with E-state index in [9.17, 15) is 9.59 Å². The monoisotopic (exact) mass is 264 g/mol. The van der Waals surface area contributed by atoms with Crippen molar-refractivity contribution in [3.63, 3.8) is 0 Å². The molecule has 19 heavy (non-hydrogen) atoms. The first-order chi connectivity index (χ1) is 9.19. The van der Waals surface area contributed by atoms with E-state index in [0.29, 0.717) is 24.4 Å². The summed E-state index contributed by atoms with van der Waals surface area (Å²) in [5.41, 5.74) is 1.42. The minimum atomic E-state index is -0.257. The average molecular weight is 264 g/mol. The van der Waals surface area contributed by atoms with Gasteiger partial charge in [0.2, 0.25) is 0 Å². The first kappa shape index (κ1) is 13.4. The van der Waals surface area contributed by atoms with E-state index in [0.717, 1.165) is 5.56 Å². The lowest BCUT2D eigenvalue weighted by molar-refractivity contribution is -0.144. The summed E-state index contributed by atoms with van der Waals surface area (Å²) in [5.74, 6) is 0.188. The lowest BCUT2D eigenvalue weighted by atomic mass is 10.2. The molecule has 1 amide bonds. The molecule has 6 heteroatoms. The number of anilines is 1. The fraction of sp³-hybridized carbons (Fsp3) is 0.385. The molecule has 2 N–H and O–H groups in total. The molecule has 0 atom stereocenters. The first-order valence-electron chi connectivity index (χ1n) is 6.05. The summed E-state index contributed by atoms with van der Waals surface area (Å²) in [6, 6.07) is 5.31. The number of fused-ring (bicyclic) bond motifs is 1. The highest BCUT2D eigenvalue weighted by molar-refractivity contribution is 5.95. The Labute approximate surface area is 111 Å². The van der Waals surface area contributed by atoms with E-state index in [1.54, 1.807) is 19.2 Å². The molecular weight excluding hydrogens is 248 g/mol. The lowest BCUT2D eigenvalue weighted by Crippen LogP contribution is -2.25. The number of rotatable bonds is 5. The third kappa shape index (κ3) is 3.69. The van der Waals surface area contributed by atoms with Gasteiger partial charge in [-0.2, -0.15) is 0 Å². The summed E-state index contributed by atoms with van der Waals surface area (Å²) in [5, 5.41) is 5.59. The van der Waals surface area contributed by atoms with Crippen molar-refractivity contribution >= 4 is 17.6 Å². The highest BCUT2D eigenvalue weighted by Gasteiger charge is 2.16. The van der Waals surface area contributed by atoms with E-state index >= 15 is 0 Å². The predicted octanol–water partition coefficient (Wildman–Crippen LogP) is 0.670. The Kier molecular flexibility index (Phi) is 4.35. The smallest absolute Gasteiger partial charge is 0.307 e. The fourth-order valence-electron chi connectivity index (χ4n) is 1.68. The first-order valence-corrected chi connectivity index (χ1v) is 6.05. The molecule has 0 bridgehead atoms. The SMILES string of the molecule is CNCCC(=O)OCc1ccc2c(c1)NC(=O)CO2. The number of nitrogens with one attached hydrogen (secondary N) is 2. The van der Waals surface area contributed by atoms with Gasteiger partial charge in [-0.3, -0.25) is 9.59 Å². The minimum absolute atomic E-state index is 0.0331. The van der Waals surface area contributed by atoms with Gasteiger partial charge in [0, 0.05) is 6.54 Å². The number of esters is 1. The Morgan fingerprint density at radius 3 is 3.16 bits per heavy atom. The van der Waals surface area contributed by atoms with Crippen molar-refractivity contribution < 1.29 is 19.1 Å². The molecule has 1 aromatic rings.